The number of hydrogen-bond acceptors (Lipinski definition) is 4. The average molecular weight is 241 g/mol. The molecule has 1 N–H and O–H groups in total. The zero-order valence-corrected chi connectivity index (χ0v) is 11.3. The molecule has 0 amide bonds. The Morgan fingerprint density at radius 1 is 1.31 bits per heavy atom. The SMILES string of the molecule is Cc1ccc(C(C)N[S+]([O-])C(C)(C)C)nn1. The second-order valence-electron chi connectivity index (χ2n) is 4.82. The number of rotatable bonds is 3. The fourth-order valence-electron chi connectivity index (χ4n) is 1.04. The van der Waals surface area contributed by atoms with Crippen molar-refractivity contribution < 1.29 is 4.55 Å². The van der Waals surface area contributed by atoms with Gasteiger partial charge in [-0.15, -0.1) is 4.72 Å². The van der Waals surface area contributed by atoms with Crippen LogP contribution in [0.2, 0.25) is 0 Å². The molecule has 0 aliphatic rings. The van der Waals surface area contributed by atoms with Gasteiger partial charge in [0.05, 0.1) is 17.4 Å². The first-order valence-electron chi connectivity index (χ1n) is 5.29. The highest BCUT2D eigenvalue weighted by molar-refractivity contribution is 7.90. The van der Waals surface area contributed by atoms with Crippen molar-refractivity contribution in [3.05, 3.63) is 23.5 Å². The largest absolute Gasteiger partial charge is 0.598 e. The number of aromatic nitrogens is 2. The Labute approximate surface area is 100 Å². The number of nitrogens with zero attached hydrogens (tertiary/aromatic N) is 2. The van der Waals surface area contributed by atoms with Gasteiger partial charge >= 0.3 is 0 Å². The van der Waals surface area contributed by atoms with Crippen molar-refractivity contribution in [2.75, 3.05) is 0 Å². The minimum Gasteiger partial charge on any atom is -0.598 e. The van der Waals surface area contributed by atoms with Crippen LogP contribution in [0, 0.1) is 6.92 Å². The summed E-state index contributed by atoms with van der Waals surface area (Å²) in [5.41, 5.74) is 1.69. The summed E-state index contributed by atoms with van der Waals surface area (Å²) in [4.78, 5) is 0. The quantitative estimate of drug-likeness (QED) is 0.821. The molecule has 0 radical (unpaired) electrons. The molecule has 0 bridgehead atoms. The Hall–Kier alpha value is -0.650. The predicted molar refractivity (Wildman–Crippen MR) is 66.2 cm³/mol. The van der Waals surface area contributed by atoms with E-state index in [2.05, 4.69) is 14.9 Å². The lowest BCUT2D eigenvalue weighted by atomic mass is 10.2. The standard InChI is InChI=1S/C11H19N3OS/c1-8-6-7-10(13-12-8)9(2)14-16(15)11(3,4)5/h6-7,9,14H,1-5H3. The van der Waals surface area contributed by atoms with Crippen molar-refractivity contribution in [2.45, 2.75) is 45.4 Å². The molecule has 0 aliphatic carbocycles. The van der Waals surface area contributed by atoms with E-state index in [0.717, 1.165) is 11.4 Å². The summed E-state index contributed by atoms with van der Waals surface area (Å²) in [6.45, 7) is 9.63. The Balaban J connectivity index is 2.65. The monoisotopic (exact) mass is 241 g/mol. The maximum atomic E-state index is 11.9. The Kier molecular flexibility index (Phi) is 4.29. The van der Waals surface area contributed by atoms with Crippen LogP contribution in [0.3, 0.4) is 0 Å². The fourth-order valence-corrected chi connectivity index (χ4v) is 1.83. The van der Waals surface area contributed by atoms with E-state index in [1.54, 1.807) is 0 Å². The molecular formula is C11H19N3OS. The van der Waals surface area contributed by atoms with Gasteiger partial charge in [-0.05, 0) is 46.8 Å². The third kappa shape index (κ3) is 3.73. The molecule has 16 heavy (non-hydrogen) atoms. The molecule has 2 unspecified atom stereocenters. The summed E-state index contributed by atoms with van der Waals surface area (Å²) in [5, 5.41) is 8.05. The van der Waals surface area contributed by atoms with Gasteiger partial charge < -0.3 is 4.55 Å². The summed E-state index contributed by atoms with van der Waals surface area (Å²) in [6.07, 6.45) is 0. The van der Waals surface area contributed by atoms with Gasteiger partial charge in [-0.25, -0.2) is 0 Å². The molecule has 1 rings (SSSR count). The van der Waals surface area contributed by atoms with Crippen LogP contribution in [-0.4, -0.2) is 19.5 Å². The highest BCUT2D eigenvalue weighted by Crippen LogP contribution is 2.18. The van der Waals surface area contributed by atoms with Gasteiger partial charge in [0.1, 0.15) is 4.75 Å². The first-order valence-corrected chi connectivity index (χ1v) is 6.44. The van der Waals surface area contributed by atoms with Crippen molar-refractivity contribution in [2.24, 2.45) is 0 Å². The van der Waals surface area contributed by atoms with E-state index in [1.165, 1.54) is 0 Å². The Bertz CT molecular complexity index is 334. The summed E-state index contributed by atoms with van der Waals surface area (Å²) in [5.74, 6) is 0. The Morgan fingerprint density at radius 3 is 2.38 bits per heavy atom. The molecule has 1 aromatic rings. The zero-order chi connectivity index (χ0) is 12.3. The van der Waals surface area contributed by atoms with E-state index in [0.29, 0.717) is 0 Å². The second kappa shape index (κ2) is 5.12. The van der Waals surface area contributed by atoms with Gasteiger partial charge in [-0.2, -0.15) is 10.2 Å². The van der Waals surface area contributed by atoms with E-state index in [-0.39, 0.29) is 10.8 Å². The normalized spacial score (nSPS) is 15.9. The third-order valence-corrected chi connectivity index (χ3v) is 3.78. The van der Waals surface area contributed by atoms with Gasteiger partial charge in [-0.3, -0.25) is 0 Å². The summed E-state index contributed by atoms with van der Waals surface area (Å²) in [6, 6.07) is 3.74. The van der Waals surface area contributed by atoms with E-state index in [4.69, 9.17) is 0 Å². The van der Waals surface area contributed by atoms with E-state index in [1.807, 2.05) is 46.8 Å². The van der Waals surface area contributed by atoms with Crippen molar-refractivity contribution in [3.63, 3.8) is 0 Å². The van der Waals surface area contributed by atoms with E-state index in [9.17, 15) is 4.55 Å². The van der Waals surface area contributed by atoms with Crippen LogP contribution in [-0.2, 0) is 11.4 Å². The summed E-state index contributed by atoms with van der Waals surface area (Å²) < 4.78 is 14.6. The molecule has 0 spiro atoms. The van der Waals surface area contributed by atoms with Gasteiger partial charge in [0, 0.05) is 11.4 Å². The first kappa shape index (κ1) is 13.4. The smallest absolute Gasteiger partial charge is 0.136 e. The van der Waals surface area contributed by atoms with Crippen LogP contribution >= 0.6 is 0 Å². The molecule has 1 aromatic heterocycles. The summed E-state index contributed by atoms with van der Waals surface area (Å²) >= 11 is -1.09. The zero-order valence-electron chi connectivity index (χ0n) is 10.4. The first-order chi connectivity index (χ1) is 7.30. The van der Waals surface area contributed by atoms with E-state index < -0.39 is 11.4 Å². The van der Waals surface area contributed by atoms with Crippen LogP contribution in [0.1, 0.15) is 45.1 Å². The van der Waals surface area contributed by atoms with Crippen molar-refractivity contribution in [1.29, 1.82) is 0 Å². The van der Waals surface area contributed by atoms with Gasteiger partial charge in [0.15, 0.2) is 0 Å². The molecule has 0 saturated heterocycles. The van der Waals surface area contributed by atoms with Gasteiger partial charge in [-0.1, -0.05) is 0 Å². The lowest BCUT2D eigenvalue weighted by molar-refractivity contribution is 0.527. The average Bonchev–Trinajstić information content (AvgIpc) is 2.17. The minimum absolute atomic E-state index is 0.0619. The summed E-state index contributed by atoms with van der Waals surface area (Å²) in [7, 11) is 0. The molecule has 90 valence electrons. The highest BCUT2D eigenvalue weighted by Gasteiger charge is 2.28. The van der Waals surface area contributed by atoms with Crippen molar-refractivity contribution in [1.82, 2.24) is 14.9 Å². The number of nitrogens with one attached hydrogen (secondary N) is 1. The topological polar surface area (TPSA) is 60.9 Å². The molecule has 0 fully saturated rings. The minimum atomic E-state index is -1.09. The predicted octanol–water partition coefficient (Wildman–Crippen LogP) is 1.90. The van der Waals surface area contributed by atoms with Crippen molar-refractivity contribution in [3.8, 4) is 0 Å². The lowest BCUT2D eigenvalue weighted by Gasteiger charge is -2.26. The van der Waals surface area contributed by atoms with Crippen LogP contribution in [0.5, 0.6) is 0 Å². The van der Waals surface area contributed by atoms with E-state index >= 15 is 0 Å². The van der Waals surface area contributed by atoms with Crippen LogP contribution in [0.4, 0.5) is 0 Å². The van der Waals surface area contributed by atoms with Crippen LogP contribution in [0.15, 0.2) is 12.1 Å². The van der Waals surface area contributed by atoms with Crippen LogP contribution < -0.4 is 4.72 Å². The van der Waals surface area contributed by atoms with Crippen LogP contribution in [0.25, 0.3) is 0 Å². The van der Waals surface area contributed by atoms with Gasteiger partial charge in [0.2, 0.25) is 0 Å². The molecule has 5 heteroatoms. The molecule has 2 atom stereocenters. The second-order valence-corrected chi connectivity index (χ2v) is 6.82. The fraction of sp³-hybridized carbons (Fsp3) is 0.636. The highest BCUT2D eigenvalue weighted by atomic mass is 32.2. The molecule has 0 aliphatic heterocycles. The number of aryl methyl sites for hydroxylation is 1. The molecular weight excluding hydrogens is 222 g/mol. The van der Waals surface area contributed by atoms with Crippen molar-refractivity contribution >= 4 is 11.4 Å². The molecule has 0 saturated carbocycles. The maximum Gasteiger partial charge on any atom is 0.136 e. The molecule has 1 heterocycles. The number of hydrogen-bond donors (Lipinski definition) is 1. The molecule has 4 nitrogen and oxygen atoms in total. The molecule has 0 aromatic carbocycles. The lowest BCUT2D eigenvalue weighted by Crippen LogP contribution is -2.40. The Morgan fingerprint density at radius 2 is 1.94 bits per heavy atom. The van der Waals surface area contributed by atoms with Gasteiger partial charge in [0.25, 0.3) is 0 Å². The maximum absolute atomic E-state index is 11.9. The third-order valence-electron chi connectivity index (χ3n) is 2.10.